The minimum Gasteiger partial charge on any atom is -0.486 e. The third-order valence-corrected chi connectivity index (χ3v) is 3.55. The van der Waals surface area contributed by atoms with Crippen LogP contribution >= 0.6 is 11.6 Å². The van der Waals surface area contributed by atoms with Crippen LogP contribution in [-0.4, -0.2) is 19.2 Å². The first-order valence-corrected chi connectivity index (χ1v) is 7.35. The van der Waals surface area contributed by atoms with Gasteiger partial charge < -0.3 is 14.2 Å². The highest BCUT2D eigenvalue weighted by atomic mass is 35.5. The third kappa shape index (κ3) is 3.34. The number of fused-ring (bicyclic) bond motifs is 1. The molecule has 0 spiro atoms. The Morgan fingerprint density at radius 3 is 2.68 bits per heavy atom. The third-order valence-electron chi connectivity index (χ3n) is 3.32. The molecule has 0 fully saturated rings. The Morgan fingerprint density at radius 2 is 1.91 bits per heavy atom. The lowest BCUT2D eigenvalue weighted by molar-refractivity contribution is -0.133. The largest absolute Gasteiger partial charge is 0.486 e. The molecule has 0 aliphatic carbocycles. The molecule has 1 aliphatic heterocycles. The first kappa shape index (κ1) is 14.7. The number of halogens is 1. The molecule has 4 nitrogen and oxygen atoms in total. The van der Waals surface area contributed by atoms with Crippen molar-refractivity contribution in [1.82, 2.24) is 0 Å². The maximum atomic E-state index is 12.1. The Hall–Kier alpha value is -2.20. The van der Waals surface area contributed by atoms with Crippen molar-refractivity contribution < 1.29 is 19.0 Å². The van der Waals surface area contributed by atoms with Gasteiger partial charge in [-0.05, 0) is 48.4 Å². The van der Waals surface area contributed by atoms with E-state index in [-0.39, 0.29) is 12.4 Å². The fourth-order valence-corrected chi connectivity index (χ4v) is 2.48. The molecule has 0 aromatic heterocycles. The van der Waals surface area contributed by atoms with Gasteiger partial charge in [-0.2, -0.15) is 0 Å². The van der Waals surface area contributed by atoms with Crippen molar-refractivity contribution in [2.75, 3.05) is 13.2 Å². The SMILES string of the molecule is Cc1cc(Cl)ccc1OC(=O)Cc1ccc2c(c1)OCCO2. The summed E-state index contributed by atoms with van der Waals surface area (Å²) in [7, 11) is 0. The number of carbonyl (C=O) groups excluding carboxylic acids is 1. The van der Waals surface area contributed by atoms with Crippen molar-refractivity contribution >= 4 is 17.6 Å². The van der Waals surface area contributed by atoms with E-state index < -0.39 is 0 Å². The Labute approximate surface area is 133 Å². The van der Waals surface area contributed by atoms with Gasteiger partial charge in [-0.1, -0.05) is 17.7 Å². The average molecular weight is 319 g/mol. The van der Waals surface area contributed by atoms with E-state index in [0.717, 1.165) is 11.1 Å². The van der Waals surface area contributed by atoms with Gasteiger partial charge in [0.1, 0.15) is 19.0 Å². The zero-order valence-electron chi connectivity index (χ0n) is 12.1. The second kappa shape index (κ2) is 6.28. The highest BCUT2D eigenvalue weighted by Gasteiger charge is 2.14. The summed E-state index contributed by atoms with van der Waals surface area (Å²) in [5.41, 5.74) is 1.64. The molecule has 114 valence electrons. The van der Waals surface area contributed by atoms with Crippen molar-refractivity contribution in [2.45, 2.75) is 13.3 Å². The molecular weight excluding hydrogens is 304 g/mol. The van der Waals surface area contributed by atoms with Crippen LogP contribution in [0.2, 0.25) is 5.02 Å². The topological polar surface area (TPSA) is 44.8 Å². The molecule has 0 bridgehead atoms. The van der Waals surface area contributed by atoms with Crippen LogP contribution in [0.4, 0.5) is 0 Å². The van der Waals surface area contributed by atoms with E-state index in [1.807, 2.05) is 25.1 Å². The smallest absolute Gasteiger partial charge is 0.315 e. The number of hydrogen-bond acceptors (Lipinski definition) is 4. The van der Waals surface area contributed by atoms with Crippen LogP contribution in [0.1, 0.15) is 11.1 Å². The van der Waals surface area contributed by atoms with Crippen LogP contribution in [0.15, 0.2) is 36.4 Å². The fraction of sp³-hybridized carbons (Fsp3) is 0.235. The van der Waals surface area contributed by atoms with E-state index in [1.165, 1.54) is 0 Å². The second-order valence-corrected chi connectivity index (χ2v) is 5.48. The average Bonchev–Trinajstić information content (AvgIpc) is 2.50. The monoisotopic (exact) mass is 318 g/mol. The van der Waals surface area contributed by atoms with E-state index >= 15 is 0 Å². The number of rotatable bonds is 3. The number of aryl methyl sites for hydroxylation is 1. The van der Waals surface area contributed by atoms with E-state index in [1.54, 1.807) is 18.2 Å². The minimum atomic E-state index is -0.331. The zero-order valence-corrected chi connectivity index (χ0v) is 12.9. The zero-order chi connectivity index (χ0) is 15.5. The summed E-state index contributed by atoms with van der Waals surface area (Å²) < 4.78 is 16.3. The lowest BCUT2D eigenvalue weighted by atomic mass is 10.1. The molecule has 0 saturated heterocycles. The van der Waals surface area contributed by atoms with Crippen LogP contribution in [0, 0.1) is 6.92 Å². The van der Waals surface area contributed by atoms with Crippen LogP contribution in [0.5, 0.6) is 17.2 Å². The Morgan fingerprint density at radius 1 is 1.14 bits per heavy atom. The van der Waals surface area contributed by atoms with Crippen LogP contribution in [0.3, 0.4) is 0 Å². The number of ether oxygens (including phenoxy) is 3. The molecule has 2 aromatic rings. The highest BCUT2D eigenvalue weighted by Crippen LogP contribution is 2.31. The number of esters is 1. The molecule has 0 unspecified atom stereocenters. The molecule has 3 rings (SSSR count). The van der Waals surface area contributed by atoms with E-state index in [0.29, 0.717) is 35.5 Å². The molecule has 0 radical (unpaired) electrons. The molecule has 22 heavy (non-hydrogen) atoms. The minimum absolute atomic E-state index is 0.165. The summed E-state index contributed by atoms with van der Waals surface area (Å²) in [4.78, 5) is 12.1. The van der Waals surface area contributed by atoms with E-state index in [9.17, 15) is 4.79 Å². The first-order chi connectivity index (χ1) is 10.6. The lowest BCUT2D eigenvalue weighted by Crippen LogP contribution is -2.16. The van der Waals surface area contributed by atoms with Gasteiger partial charge in [-0.15, -0.1) is 0 Å². The van der Waals surface area contributed by atoms with Crippen molar-refractivity contribution in [1.29, 1.82) is 0 Å². The van der Waals surface area contributed by atoms with Crippen LogP contribution in [-0.2, 0) is 11.2 Å². The van der Waals surface area contributed by atoms with Crippen molar-refractivity contribution in [3.05, 3.63) is 52.5 Å². The summed E-state index contributed by atoms with van der Waals surface area (Å²) in [6, 6.07) is 10.6. The molecule has 0 amide bonds. The predicted molar refractivity (Wildman–Crippen MR) is 83.0 cm³/mol. The van der Waals surface area contributed by atoms with Gasteiger partial charge in [0.05, 0.1) is 6.42 Å². The lowest BCUT2D eigenvalue weighted by Gasteiger charge is -2.18. The van der Waals surface area contributed by atoms with Crippen molar-refractivity contribution in [3.8, 4) is 17.2 Å². The number of benzene rings is 2. The molecule has 1 aliphatic rings. The quantitative estimate of drug-likeness (QED) is 0.641. The summed E-state index contributed by atoms with van der Waals surface area (Å²) in [5, 5.41) is 0.615. The van der Waals surface area contributed by atoms with Crippen LogP contribution in [0.25, 0.3) is 0 Å². The molecule has 2 aromatic carbocycles. The van der Waals surface area contributed by atoms with Gasteiger partial charge >= 0.3 is 5.97 Å². The standard InChI is InChI=1S/C17H15ClO4/c1-11-8-13(18)3-5-14(11)22-17(19)10-12-2-4-15-16(9-12)21-7-6-20-15/h2-5,8-9H,6-7,10H2,1H3. The fourth-order valence-electron chi connectivity index (χ4n) is 2.25. The van der Waals surface area contributed by atoms with Crippen molar-refractivity contribution in [2.24, 2.45) is 0 Å². The predicted octanol–water partition coefficient (Wildman–Crippen LogP) is 3.57. The second-order valence-electron chi connectivity index (χ2n) is 5.04. The highest BCUT2D eigenvalue weighted by molar-refractivity contribution is 6.30. The summed E-state index contributed by atoms with van der Waals surface area (Å²) in [5.74, 6) is 1.56. The maximum Gasteiger partial charge on any atom is 0.315 e. The van der Waals surface area contributed by atoms with Gasteiger partial charge in [0, 0.05) is 5.02 Å². The maximum absolute atomic E-state index is 12.1. The molecule has 0 N–H and O–H groups in total. The Bertz CT molecular complexity index is 712. The molecular formula is C17H15ClO4. The van der Waals surface area contributed by atoms with Gasteiger partial charge in [0.15, 0.2) is 11.5 Å². The summed E-state index contributed by atoms with van der Waals surface area (Å²) >= 11 is 5.88. The Kier molecular flexibility index (Phi) is 4.20. The molecule has 1 heterocycles. The first-order valence-electron chi connectivity index (χ1n) is 6.97. The normalized spacial score (nSPS) is 12.8. The summed E-state index contributed by atoms with van der Waals surface area (Å²) in [6.45, 7) is 2.91. The summed E-state index contributed by atoms with van der Waals surface area (Å²) in [6.07, 6.45) is 0.165. The van der Waals surface area contributed by atoms with Gasteiger partial charge in [0.25, 0.3) is 0 Å². The van der Waals surface area contributed by atoms with Crippen molar-refractivity contribution in [3.63, 3.8) is 0 Å². The Balaban J connectivity index is 1.69. The number of hydrogen-bond donors (Lipinski definition) is 0. The van der Waals surface area contributed by atoms with E-state index in [4.69, 9.17) is 25.8 Å². The van der Waals surface area contributed by atoms with Gasteiger partial charge in [-0.25, -0.2) is 0 Å². The molecule has 5 heteroatoms. The van der Waals surface area contributed by atoms with E-state index in [2.05, 4.69) is 0 Å². The van der Waals surface area contributed by atoms with Crippen LogP contribution < -0.4 is 14.2 Å². The number of carbonyl (C=O) groups is 1. The molecule has 0 atom stereocenters. The van der Waals surface area contributed by atoms with Gasteiger partial charge in [-0.3, -0.25) is 4.79 Å². The molecule has 0 saturated carbocycles. The van der Waals surface area contributed by atoms with Gasteiger partial charge in [0.2, 0.25) is 0 Å².